The molecule has 0 saturated heterocycles. The Kier molecular flexibility index (Phi) is 5.78. The van der Waals surface area contributed by atoms with Gasteiger partial charge in [0, 0.05) is 36.1 Å². The number of anilines is 1. The average molecular weight is 451 g/mol. The molecule has 0 spiro atoms. The number of amidine groups is 1. The number of nitrogen functional groups attached to an aromatic ring is 1. The smallest absolute Gasteiger partial charge is 0.152 e. The number of aromatic nitrogens is 5. The zero-order valence-electron chi connectivity index (χ0n) is 18.9. The highest BCUT2D eigenvalue weighted by molar-refractivity contribution is 5.96. The molecule has 170 valence electrons. The maximum atomic E-state index is 7.67. The van der Waals surface area contributed by atoms with Crippen LogP contribution >= 0.6 is 0 Å². The molecule has 8 nitrogen and oxygen atoms in total. The van der Waals surface area contributed by atoms with E-state index in [1.165, 1.54) is 11.1 Å². The predicted octanol–water partition coefficient (Wildman–Crippen LogP) is 3.93. The Morgan fingerprint density at radius 2 is 1.74 bits per heavy atom. The second-order valence-corrected chi connectivity index (χ2v) is 8.34. The lowest BCUT2D eigenvalue weighted by Crippen LogP contribution is -2.13. The number of benzene rings is 2. The molecular weight excluding hydrogens is 424 g/mol. The van der Waals surface area contributed by atoms with Gasteiger partial charge in [0.1, 0.15) is 11.4 Å². The minimum absolute atomic E-state index is 0.0850. The minimum Gasteiger partial charge on any atom is -0.384 e. The molecule has 0 saturated carbocycles. The van der Waals surface area contributed by atoms with Crippen LogP contribution in [0.5, 0.6) is 0 Å². The number of aryl methyl sites for hydroxylation is 1. The van der Waals surface area contributed by atoms with Crippen LogP contribution in [0.3, 0.4) is 0 Å². The quantitative estimate of drug-likeness (QED) is 0.245. The molecule has 0 aliphatic rings. The molecule has 3 aromatic heterocycles. The number of nitrogens with one attached hydrogen (secondary N) is 2. The number of hydrogen-bond donors (Lipinski definition) is 3. The summed E-state index contributed by atoms with van der Waals surface area (Å²) >= 11 is 0. The third-order valence-corrected chi connectivity index (χ3v) is 5.85. The van der Waals surface area contributed by atoms with Crippen LogP contribution in [-0.4, -0.2) is 30.4 Å². The van der Waals surface area contributed by atoms with Crippen molar-refractivity contribution in [3.63, 3.8) is 0 Å². The molecular formula is C26H26N8. The summed E-state index contributed by atoms with van der Waals surface area (Å²) in [6.45, 7) is 3.98. The van der Waals surface area contributed by atoms with Gasteiger partial charge in [-0.1, -0.05) is 42.5 Å². The first kappa shape index (κ1) is 21.4. The van der Waals surface area contributed by atoms with Crippen LogP contribution < -0.4 is 11.1 Å². The molecule has 0 radical (unpaired) electrons. The van der Waals surface area contributed by atoms with Crippen LogP contribution in [0.2, 0.25) is 0 Å². The summed E-state index contributed by atoms with van der Waals surface area (Å²) in [5.41, 5.74) is 11.8. The molecule has 0 amide bonds. The average Bonchev–Trinajstić information content (AvgIpc) is 3.49. The van der Waals surface area contributed by atoms with Crippen molar-refractivity contribution >= 4 is 22.6 Å². The summed E-state index contributed by atoms with van der Waals surface area (Å²) in [5.74, 6) is 0.875. The standard InChI is InChI=1S/C26H26N8/c1-18-13-21(7-8-23(18)25(27)28)14-30-26-24-22(9-11-29-26)15-32-34(24)17-20-5-3-19(4-6-20)16-33-12-2-10-31-33/h2-13,15H,14,16-17H2,1H3,(H3,27,28)(H,29,30). The zero-order valence-corrected chi connectivity index (χ0v) is 18.9. The van der Waals surface area contributed by atoms with E-state index in [2.05, 4.69) is 44.8 Å². The maximum Gasteiger partial charge on any atom is 0.152 e. The summed E-state index contributed by atoms with van der Waals surface area (Å²) in [7, 11) is 0. The van der Waals surface area contributed by atoms with Gasteiger partial charge in [-0.3, -0.25) is 14.8 Å². The monoisotopic (exact) mass is 450 g/mol. The Labute approximate surface area is 197 Å². The number of nitrogens with zero attached hydrogens (tertiary/aromatic N) is 5. The van der Waals surface area contributed by atoms with E-state index >= 15 is 0 Å². The fraction of sp³-hybridized carbons (Fsp3) is 0.154. The highest BCUT2D eigenvalue weighted by Gasteiger charge is 2.11. The van der Waals surface area contributed by atoms with Crippen molar-refractivity contribution in [3.05, 3.63) is 107 Å². The maximum absolute atomic E-state index is 7.67. The van der Waals surface area contributed by atoms with E-state index in [1.54, 1.807) is 12.4 Å². The molecule has 5 aromatic rings. The van der Waals surface area contributed by atoms with Crippen molar-refractivity contribution in [1.29, 1.82) is 5.41 Å². The fourth-order valence-electron chi connectivity index (χ4n) is 4.11. The Balaban J connectivity index is 1.33. The van der Waals surface area contributed by atoms with Crippen LogP contribution in [0, 0.1) is 12.3 Å². The number of fused-ring (bicyclic) bond motifs is 1. The van der Waals surface area contributed by atoms with Crippen molar-refractivity contribution in [3.8, 4) is 0 Å². The summed E-state index contributed by atoms with van der Waals surface area (Å²) in [6, 6.07) is 18.4. The second kappa shape index (κ2) is 9.19. The van der Waals surface area contributed by atoms with E-state index in [1.807, 2.05) is 59.0 Å². The van der Waals surface area contributed by atoms with E-state index in [4.69, 9.17) is 11.1 Å². The van der Waals surface area contributed by atoms with Gasteiger partial charge < -0.3 is 11.1 Å². The zero-order chi connectivity index (χ0) is 23.5. The third kappa shape index (κ3) is 4.52. The van der Waals surface area contributed by atoms with Gasteiger partial charge in [0.15, 0.2) is 5.82 Å². The van der Waals surface area contributed by atoms with E-state index in [0.717, 1.165) is 40.0 Å². The highest BCUT2D eigenvalue weighted by atomic mass is 15.3. The molecule has 0 unspecified atom stereocenters. The third-order valence-electron chi connectivity index (χ3n) is 5.85. The highest BCUT2D eigenvalue weighted by Crippen LogP contribution is 2.23. The number of pyridine rings is 1. The molecule has 3 heterocycles. The van der Waals surface area contributed by atoms with Crippen molar-refractivity contribution < 1.29 is 0 Å². The lowest BCUT2D eigenvalue weighted by atomic mass is 10.0. The molecule has 0 aliphatic carbocycles. The Morgan fingerprint density at radius 1 is 0.971 bits per heavy atom. The molecule has 0 fully saturated rings. The first-order valence-corrected chi connectivity index (χ1v) is 11.1. The number of hydrogen-bond acceptors (Lipinski definition) is 5. The Bertz CT molecular complexity index is 1430. The number of rotatable bonds is 8. The van der Waals surface area contributed by atoms with Crippen LogP contribution in [-0.2, 0) is 19.6 Å². The van der Waals surface area contributed by atoms with Crippen LogP contribution in [0.15, 0.2) is 79.4 Å². The number of nitrogens with two attached hydrogens (primary N) is 1. The molecule has 34 heavy (non-hydrogen) atoms. The normalized spacial score (nSPS) is 11.1. The van der Waals surface area contributed by atoms with Crippen molar-refractivity contribution in [2.45, 2.75) is 26.6 Å². The van der Waals surface area contributed by atoms with E-state index in [-0.39, 0.29) is 5.84 Å². The topological polar surface area (TPSA) is 110 Å². The molecule has 0 atom stereocenters. The first-order chi connectivity index (χ1) is 16.6. The lowest BCUT2D eigenvalue weighted by Gasteiger charge is -2.12. The summed E-state index contributed by atoms with van der Waals surface area (Å²) < 4.78 is 3.89. The van der Waals surface area contributed by atoms with Gasteiger partial charge >= 0.3 is 0 Å². The van der Waals surface area contributed by atoms with Gasteiger partial charge in [0.05, 0.1) is 19.3 Å². The molecule has 4 N–H and O–H groups in total. The lowest BCUT2D eigenvalue weighted by molar-refractivity contribution is 0.684. The van der Waals surface area contributed by atoms with Crippen molar-refractivity contribution in [2.75, 3.05) is 5.32 Å². The van der Waals surface area contributed by atoms with Gasteiger partial charge in [-0.2, -0.15) is 10.2 Å². The summed E-state index contributed by atoms with van der Waals surface area (Å²) in [4.78, 5) is 4.58. The van der Waals surface area contributed by atoms with Crippen LogP contribution in [0.25, 0.3) is 10.9 Å². The van der Waals surface area contributed by atoms with Crippen LogP contribution in [0.1, 0.15) is 27.8 Å². The van der Waals surface area contributed by atoms with E-state index in [9.17, 15) is 0 Å². The van der Waals surface area contributed by atoms with E-state index in [0.29, 0.717) is 13.1 Å². The van der Waals surface area contributed by atoms with Gasteiger partial charge in [0.25, 0.3) is 0 Å². The minimum atomic E-state index is 0.0850. The molecule has 8 heteroatoms. The van der Waals surface area contributed by atoms with Crippen molar-refractivity contribution in [2.24, 2.45) is 5.73 Å². The predicted molar refractivity (Wildman–Crippen MR) is 134 cm³/mol. The molecule has 0 bridgehead atoms. The summed E-state index contributed by atoms with van der Waals surface area (Å²) in [5, 5.41) is 21.1. The van der Waals surface area contributed by atoms with Gasteiger partial charge in [0.2, 0.25) is 0 Å². The van der Waals surface area contributed by atoms with Crippen molar-refractivity contribution in [1.82, 2.24) is 24.5 Å². The van der Waals surface area contributed by atoms with Gasteiger partial charge in [-0.15, -0.1) is 0 Å². The van der Waals surface area contributed by atoms with Gasteiger partial charge in [-0.25, -0.2) is 4.98 Å². The van der Waals surface area contributed by atoms with Crippen LogP contribution in [0.4, 0.5) is 5.82 Å². The molecule has 5 rings (SSSR count). The second-order valence-electron chi connectivity index (χ2n) is 8.34. The van der Waals surface area contributed by atoms with E-state index < -0.39 is 0 Å². The first-order valence-electron chi connectivity index (χ1n) is 11.1. The summed E-state index contributed by atoms with van der Waals surface area (Å²) in [6.07, 6.45) is 7.43. The molecule has 0 aliphatic heterocycles. The Hall–Kier alpha value is -4.46. The molecule has 2 aromatic carbocycles. The fourth-order valence-corrected chi connectivity index (χ4v) is 4.11. The Morgan fingerprint density at radius 3 is 2.44 bits per heavy atom. The SMILES string of the molecule is Cc1cc(CNc2nccc3cnn(Cc4ccc(Cn5cccn5)cc4)c23)ccc1C(=N)N. The van der Waals surface area contributed by atoms with Gasteiger partial charge in [-0.05, 0) is 41.3 Å². The largest absolute Gasteiger partial charge is 0.384 e.